The van der Waals surface area contributed by atoms with E-state index in [0.717, 1.165) is 4.68 Å². The maximum atomic E-state index is 13.8. The predicted octanol–water partition coefficient (Wildman–Crippen LogP) is 2.73. The van der Waals surface area contributed by atoms with E-state index in [2.05, 4.69) is 5.10 Å². The largest absolute Gasteiger partial charge is 0.296 e. The van der Waals surface area contributed by atoms with Gasteiger partial charge in [0, 0.05) is 18.5 Å². The second kappa shape index (κ2) is 2.67. The number of hydrogen-bond acceptors (Lipinski definition) is 1. The highest BCUT2D eigenvalue weighted by Gasteiger charge is 2.59. The third kappa shape index (κ3) is 0.905. The first-order chi connectivity index (χ1) is 7.44. The highest BCUT2D eigenvalue weighted by Crippen LogP contribution is 2.59. The van der Waals surface area contributed by atoms with Crippen molar-refractivity contribution in [2.45, 2.75) is 18.3 Å². The SMILES string of the molecule is Cn1nc(C(F)F)c2c1C(F)(F)[C@@H]1C=C[C@H]21. The number of alkyl halides is 4. The van der Waals surface area contributed by atoms with Gasteiger partial charge in [-0.2, -0.15) is 13.9 Å². The van der Waals surface area contributed by atoms with E-state index in [9.17, 15) is 17.6 Å². The molecule has 16 heavy (non-hydrogen) atoms. The van der Waals surface area contributed by atoms with E-state index in [1.807, 2.05) is 0 Å². The van der Waals surface area contributed by atoms with Gasteiger partial charge in [0.25, 0.3) is 12.3 Å². The average molecular weight is 232 g/mol. The molecule has 0 saturated heterocycles. The molecule has 0 spiro atoms. The van der Waals surface area contributed by atoms with Crippen molar-refractivity contribution in [3.8, 4) is 0 Å². The van der Waals surface area contributed by atoms with Gasteiger partial charge in [0.1, 0.15) is 11.4 Å². The number of nitrogens with zero attached hydrogens (tertiary/aromatic N) is 2. The molecule has 0 aromatic carbocycles. The van der Waals surface area contributed by atoms with E-state index in [-0.39, 0.29) is 11.3 Å². The molecule has 1 aromatic heterocycles. The number of rotatable bonds is 1. The van der Waals surface area contributed by atoms with Crippen molar-refractivity contribution in [1.29, 1.82) is 0 Å². The van der Waals surface area contributed by atoms with Crippen LogP contribution in [0.3, 0.4) is 0 Å². The lowest BCUT2D eigenvalue weighted by molar-refractivity contribution is -0.0505. The minimum Gasteiger partial charge on any atom is -0.266 e. The summed E-state index contributed by atoms with van der Waals surface area (Å²) in [5, 5.41) is 3.50. The molecule has 0 amide bonds. The number of allylic oxidation sites excluding steroid dienone is 2. The Kier molecular flexibility index (Phi) is 1.65. The monoisotopic (exact) mass is 232 g/mol. The predicted molar refractivity (Wildman–Crippen MR) is 47.4 cm³/mol. The van der Waals surface area contributed by atoms with Crippen molar-refractivity contribution in [2.24, 2.45) is 13.0 Å². The van der Waals surface area contributed by atoms with Crippen molar-refractivity contribution in [3.63, 3.8) is 0 Å². The zero-order chi connectivity index (χ0) is 11.7. The van der Waals surface area contributed by atoms with Gasteiger partial charge in [-0.3, -0.25) is 4.68 Å². The van der Waals surface area contributed by atoms with Crippen molar-refractivity contribution >= 4 is 0 Å². The lowest BCUT2D eigenvalue weighted by Gasteiger charge is -2.27. The molecule has 0 aliphatic heterocycles. The lowest BCUT2D eigenvalue weighted by atomic mass is 9.81. The average Bonchev–Trinajstić information content (AvgIpc) is 2.46. The second-order valence-electron chi connectivity index (χ2n) is 4.13. The third-order valence-corrected chi connectivity index (χ3v) is 3.30. The van der Waals surface area contributed by atoms with Gasteiger partial charge >= 0.3 is 0 Å². The molecular formula is C10H8F4N2. The first kappa shape index (κ1) is 9.86. The number of aryl methyl sites for hydroxylation is 1. The second-order valence-corrected chi connectivity index (χ2v) is 4.13. The molecule has 3 rings (SSSR count). The molecule has 0 bridgehead atoms. The first-order valence-corrected chi connectivity index (χ1v) is 4.86. The van der Waals surface area contributed by atoms with Gasteiger partial charge in [-0.25, -0.2) is 8.78 Å². The van der Waals surface area contributed by atoms with Crippen LogP contribution in [-0.2, 0) is 13.0 Å². The van der Waals surface area contributed by atoms with E-state index in [1.165, 1.54) is 19.2 Å². The Bertz CT molecular complexity index is 489. The molecule has 1 aromatic rings. The Morgan fingerprint density at radius 1 is 1.38 bits per heavy atom. The molecule has 2 aliphatic carbocycles. The van der Waals surface area contributed by atoms with Crippen molar-refractivity contribution < 1.29 is 17.6 Å². The summed E-state index contributed by atoms with van der Waals surface area (Å²) in [5.74, 6) is -4.64. The number of fused-ring (bicyclic) bond motifs is 3. The van der Waals surface area contributed by atoms with Crippen LogP contribution in [0.2, 0.25) is 0 Å². The highest BCUT2D eigenvalue weighted by molar-refractivity contribution is 5.48. The molecule has 0 N–H and O–H groups in total. The maximum absolute atomic E-state index is 13.8. The van der Waals surface area contributed by atoms with E-state index < -0.39 is 29.9 Å². The van der Waals surface area contributed by atoms with Gasteiger partial charge in [-0.05, 0) is 0 Å². The Balaban J connectivity index is 2.26. The number of aromatic nitrogens is 2. The fourth-order valence-corrected chi connectivity index (χ4v) is 2.56. The van der Waals surface area contributed by atoms with Gasteiger partial charge in [-0.1, -0.05) is 12.2 Å². The Labute approximate surface area is 88.6 Å². The summed E-state index contributed by atoms with van der Waals surface area (Å²) >= 11 is 0. The van der Waals surface area contributed by atoms with E-state index in [0.29, 0.717) is 0 Å². The van der Waals surface area contributed by atoms with Gasteiger partial charge in [0.15, 0.2) is 0 Å². The smallest absolute Gasteiger partial charge is 0.266 e. The first-order valence-electron chi connectivity index (χ1n) is 4.86. The van der Waals surface area contributed by atoms with Crippen LogP contribution < -0.4 is 0 Å². The molecule has 0 radical (unpaired) electrons. The van der Waals surface area contributed by atoms with Gasteiger partial charge < -0.3 is 0 Å². The topological polar surface area (TPSA) is 17.8 Å². The fraction of sp³-hybridized carbons (Fsp3) is 0.500. The normalized spacial score (nSPS) is 29.1. The van der Waals surface area contributed by atoms with Crippen LogP contribution >= 0.6 is 0 Å². The van der Waals surface area contributed by atoms with E-state index in [4.69, 9.17) is 0 Å². The quantitative estimate of drug-likeness (QED) is 0.537. The van der Waals surface area contributed by atoms with Crippen molar-refractivity contribution in [2.75, 3.05) is 0 Å². The third-order valence-electron chi connectivity index (χ3n) is 3.30. The summed E-state index contributed by atoms with van der Waals surface area (Å²) in [6.45, 7) is 0. The van der Waals surface area contributed by atoms with Crippen LogP contribution in [0.15, 0.2) is 12.2 Å². The standard InChI is InChI=1S/C10H8F4N2/c1-16-8-6(7(15-16)9(11)12)4-2-3-5(4)10(8,13)14/h2-5,9H,1H3/t4-,5+/m0/s1. The zero-order valence-corrected chi connectivity index (χ0v) is 8.29. The molecule has 2 aliphatic rings. The minimum atomic E-state index is -3.08. The summed E-state index contributed by atoms with van der Waals surface area (Å²) in [6.07, 6.45) is 0.108. The number of hydrogen-bond donors (Lipinski definition) is 0. The van der Waals surface area contributed by atoms with E-state index >= 15 is 0 Å². The van der Waals surface area contributed by atoms with Crippen LogP contribution in [0, 0.1) is 5.92 Å². The van der Waals surface area contributed by atoms with Crippen LogP contribution in [0.25, 0.3) is 0 Å². The Hall–Kier alpha value is -1.33. The van der Waals surface area contributed by atoms with Gasteiger partial charge in [0.05, 0.1) is 5.92 Å². The summed E-state index contributed by atoms with van der Waals surface area (Å²) in [5.41, 5.74) is -0.841. The molecular weight excluding hydrogens is 224 g/mol. The van der Waals surface area contributed by atoms with Crippen molar-refractivity contribution in [3.05, 3.63) is 29.1 Å². The van der Waals surface area contributed by atoms with Crippen LogP contribution in [0.5, 0.6) is 0 Å². The molecule has 2 nitrogen and oxygen atoms in total. The molecule has 0 saturated carbocycles. The summed E-state index contributed by atoms with van der Waals surface area (Å²) in [4.78, 5) is 0. The van der Waals surface area contributed by atoms with Crippen LogP contribution in [-0.4, -0.2) is 9.78 Å². The maximum Gasteiger partial charge on any atom is 0.296 e. The molecule has 86 valence electrons. The molecule has 1 heterocycles. The van der Waals surface area contributed by atoms with Gasteiger partial charge in [-0.15, -0.1) is 0 Å². The molecule has 0 unspecified atom stereocenters. The summed E-state index contributed by atoms with van der Waals surface area (Å²) < 4.78 is 53.8. The zero-order valence-electron chi connectivity index (χ0n) is 8.29. The van der Waals surface area contributed by atoms with Crippen LogP contribution in [0.1, 0.15) is 29.3 Å². The molecule has 0 fully saturated rings. The lowest BCUT2D eigenvalue weighted by Crippen LogP contribution is -2.27. The Morgan fingerprint density at radius 2 is 2.06 bits per heavy atom. The van der Waals surface area contributed by atoms with E-state index in [1.54, 1.807) is 0 Å². The van der Waals surface area contributed by atoms with Crippen LogP contribution in [0.4, 0.5) is 17.6 Å². The van der Waals surface area contributed by atoms with Gasteiger partial charge in [0.2, 0.25) is 0 Å². The fourth-order valence-electron chi connectivity index (χ4n) is 2.56. The molecule has 6 heteroatoms. The highest BCUT2D eigenvalue weighted by atomic mass is 19.3. The summed E-state index contributed by atoms with van der Waals surface area (Å²) in [6, 6.07) is 0. The Morgan fingerprint density at radius 3 is 2.56 bits per heavy atom. The number of halogens is 4. The molecule has 2 atom stereocenters. The summed E-state index contributed by atoms with van der Waals surface area (Å²) in [7, 11) is 1.28. The van der Waals surface area contributed by atoms with Crippen molar-refractivity contribution in [1.82, 2.24) is 9.78 Å². The minimum absolute atomic E-state index is 0.0231.